The number of aliphatic hydroxyl groups is 5. The molecule has 4 aliphatic heterocycles. The average Bonchev–Trinajstić information content (AvgIpc) is 1.48. The van der Waals surface area contributed by atoms with Crippen molar-refractivity contribution >= 4 is 87.4 Å². The van der Waals surface area contributed by atoms with Gasteiger partial charge in [-0.25, -0.2) is 9.78 Å². The molecule has 2 aromatic carbocycles. The van der Waals surface area contributed by atoms with Gasteiger partial charge >= 0.3 is 5.97 Å². The van der Waals surface area contributed by atoms with Gasteiger partial charge in [-0.15, -0.1) is 0 Å². The fourth-order valence-corrected chi connectivity index (χ4v) is 12.9. The molecule has 514 valence electrons. The lowest BCUT2D eigenvalue weighted by Gasteiger charge is -2.40. The summed E-state index contributed by atoms with van der Waals surface area (Å²) < 4.78 is 17.8. The molecule has 9 amide bonds. The fourth-order valence-electron chi connectivity index (χ4n) is 12.7. The normalized spacial score (nSPS) is 21.6. The molecule has 0 saturated carbocycles. The van der Waals surface area contributed by atoms with Crippen molar-refractivity contribution in [3.05, 3.63) is 109 Å². The van der Waals surface area contributed by atoms with Crippen LogP contribution in [0.15, 0.2) is 59.4 Å². The van der Waals surface area contributed by atoms with Crippen LogP contribution in [-0.4, -0.2) is 187 Å². The highest BCUT2D eigenvalue weighted by molar-refractivity contribution is 6.32. The second-order valence-electron chi connectivity index (χ2n) is 24.4. The molecular weight excluding hydrogens is 1280 g/mol. The largest absolute Gasteiger partial charge is 0.458 e. The van der Waals surface area contributed by atoms with Crippen molar-refractivity contribution in [1.29, 1.82) is 0 Å². The molecule has 5 aliphatic rings. The molecule has 9 rings (SSSR count). The van der Waals surface area contributed by atoms with E-state index in [2.05, 4.69) is 31.9 Å². The number of rotatable bonds is 31. The molecule has 0 radical (unpaired) electrons. The maximum Gasteiger partial charge on any atom is 0.343 e. The summed E-state index contributed by atoms with van der Waals surface area (Å²) in [5, 5.41) is 68.5. The van der Waals surface area contributed by atoms with E-state index in [9.17, 15) is 83.1 Å². The zero-order valence-electron chi connectivity index (χ0n) is 52.7. The van der Waals surface area contributed by atoms with Crippen LogP contribution < -0.4 is 43.2 Å². The van der Waals surface area contributed by atoms with Crippen LogP contribution in [0.2, 0.25) is 5.02 Å². The van der Waals surface area contributed by atoms with Crippen LogP contribution in [0.1, 0.15) is 123 Å². The van der Waals surface area contributed by atoms with Crippen LogP contribution in [0.5, 0.6) is 0 Å². The van der Waals surface area contributed by atoms with E-state index in [1.165, 1.54) is 4.57 Å². The van der Waals surface area contributed by atoms with Crippen molar-refractivity contribution in [3.63, 3.8) is 0 Å². The van der Waals surface area contributed by atoms with E-state index in [4.69, 9.17) is 36.5 Å². The van der Waals surface area contributed by atoms with Crippen molar-refractivity contribution in [2.45, 2.75) is 164 Å². The summed E-state index contributed by atoms with van der Waals surface area (Å²) in [6, 6.07) is 10.0. The molecule has 1 saturated heterocycles. The number of primary amides is 1. The second kappa shape index (κ2) is 30.9. The maximum atomic E-state index is 14.1. The molecule has 31 heteroatoms. The highest BCUT2D eigenvalue weighted by Crippen LogP contribution is 2.47. The number of aromatic nitrogens is 2. The van der Waals surface area contributed by atoms with Crippen LogP contribution in [0.3, 0.4) is 0 Å². The molecule has 1 fully saturated rings. The molecule has 1 unspecified atom stereocenters. The lowest BCUT2D eigenvalue weighted by Crippen LogP contribution is -2.61. The molecule has 0 spiro atoms. The first kappa shape index (κ1) is 71.4. The number of hydrogen-bond donors (Lipinski definition) is 12. The summed E-state index contributed by atoms with van der Waals surface area (Å²) in [5.74, 6) is -8.28. The van der Waals surface area contributed by atoms with E-state index >= 15 is 0 Å². The number of halogens is 1. The molecular formula is C65H77ClN10O20. The van der Waals surface area contributed by atoms with E-state index in [0.717, 1.165) is 39.1 Å². The Morgan fingerprint density at radius 3 is 2.26 bits per heavy atom. The minimum Gasteiger partial charge on any atom is -0.458 e. The topological polar surface area (TPSA) is 453 Å². The van der Waals surface area contributed by atoms with E-state index in [-0.39, 0.29) is 69.3 Å². The molecule has 0 bridgehead atoms. The molecule has 30 nitrogen and oxygen atoms in total. The zero-order chi connectivity index (χ0) is 69.3. The second-order valence-corrected chi connectivity index (χ2v) is 24.8. The van der Waals surface area contributed by atoms with Crippen LogP contribution in [0.25, 0.3) is 22.3 Å². The molecule has 13 N–H and O–H groups in total. The number of esters is 1. The predicted octanol–water partition coefficient (Wildman–Crippen LogP) is -1.62. The van der Waals surface area contributed by atoms with Crippen LogP contribution >= 0.6 is 11.6 Å². The number of pyridine rings is 2. The summed E-state index contributed by atoms with van der Waals surface area (Å²) >= 11 is 6.73. The molecule has 96 heavy (non-hydrogen) atoms. The number of ketones is 1. The standard InChI is InChI=1S/C65H77ClN10O20/c1-3-65(93)38-23-43-57-36(28-76(43)61(90)37(38)30-95-63(65)92)56-40(14-13-35-33(2)39(66)24-42(73-57)55(35)56)71-52(84)31-94-32-70-47(79)16-15-44(78)41(22-34-10-6-4-7-11-34)72-51(83)27-69-50(82)25-64(62(67)91,74-49(81)12-8-5-9-21-75-53(85)17-18-54(75)86)20-19-48(80)68-26-45-58(87)60(89)59(88)46(29-77)96-45/h4,6-7,10-11,17-18,23-24,40-41,45-46,58-60,77,87-89,93H,3,5,8-9,12-16,19-22,25-32H2,1-2H3,(H2,67,91)(H,68,80)(H,69,82)(H,70,79)(H,71,84)(H,72,83)(H,74,81)/t40-,41-,45-,46+,58-,59+,60+,64?,65-/m0/s1. The van der Waals surface area contributed by atoms with Crippen LogP contribution in [0.4, 0.5) is 0 Å². The van der Waals surface area contributed by atoms with Crippen molar-refractivity contribution in [2.24, 2.45) is 5.73 Å². The first-order chi connectivity index (χ1) is 45.8. The third-order valence-electron chi connectivity index (χ3n) is 18.1. The van der Waals surface area contributed by atoms with Gasteiger partial charge in [-0.2, -0.15) is 0 Å². The van der Waals surface area contributed by atoms with Crippen LogP contribution in [-0.2, 0) is 98.5 Å². The van der Waals surface area contributed by atoms with Gasteiger partial charge in [-0.3, -0.25) is 57.6 Å². The number of amides is 9. The van der Waals surface area contributed by atoms with Gasteiger partial charge < -0.3 is 81.9 Å². The third kappa shape index (κ3) is 15.8. The predicted molar refractivity (Wildman–Crippen MR) is 337 cm³/mol. The number of carbonyl (C=O) groups is 11. The Hall–Kier alpha value is -8.88. The monoisotopic (exact) mass is 1350 g/mol. The van der Waals surface area contributed by atoms with Gasteiger partial charge in [0.1, 0.15) is 56.0 Å². The number of hydrogen-bond acceptors (Lipinski definition) is 21. The molecule has 2 aromatic heterocycles. The number of nitrogens with one attached hydrogen (secondary N) is 6. The van der Waals surface area contributed by atoms with Crippen molar-refractivity contribution in [3.8, 4) is 11.4 Å². The first-order valence-corrected chi connectivity index (χ1v) is 31.9. The van der Waals surface area contributed by atoms with Gasteiger partial charge in [-0.1, -0.05) is 55.3 Å². The maximum absolute atomic E-state index is 14.1. The number of unbranched alkanes of at least 4 members (excludes halogenated alkanes) is 2. The van der Waals surface area contributed by atoms with Gasteiger partial charge in [0.2, 0.25) is 41.4 Å². The number of imide groups is 1. The van der Waals surface area contributed by atoms with Gasteiger partial charge in [0.15, 0.2) is 11.4 Å². The Bertz CT molecular complexity index is 3830. The minimum atomic E-state index is -2.26. The number of fused-ring (bicyclic) bond motifs is 5. The molecule has 9 atom stereocenters. The summed E-state index contributed by atoms with van der Waals surface area (Å²) in [6.45, 7) is 0.460. The van der Waals surface area contributed by atoms with E-state index in [1.807, 2.05) is 6.92 Å². The summed E-state index contributed by atoms with van der Waals surface area (Å²) in [4.78, 5) is 165. The molecule has 4 aromatic rings. The number of benzene rings is 2. The zero-order valence-corrected chi connectivity index (χ0v) is 53.5. The van der Waals surface area contributed by atoms with E-state index in [0.29, 0.717) is 58.7 Å². The number of Topliss-reactive ketones (excluding diaryl/α,β-unsaturated/α-hetero) is 1. The smallest absolute Gasteiger partial charge is 0.343 e. The van der Waals surface area contributed by atoms with Crippen molar-refractivity contribution in [2.75, 3.05) is 39.6 Å². The third-order valence-corrected chi connectivity index (χ3v) is 18.5. The number of carbonyl (C=O) groups excluding carboxylic acids is 11. The number of aryl methyl sites for hydroxylation is 1. The minimum absolute atomic E-state index is 0.0395. The molecule has 6 heterocycles. The summed E-state index contributed by atoms with van der Waals surface area (Å²) in [5.41, 5.74) is 6.51. The SMILES string of the molecule is CC[C@@]1(O)C(=O)OCc2c1cc1n(c2=O)Cc2c-1nc1cc(Cl)c(C)c3c1c2[C@@H](NC(=O)COCNC(=O)CCC(=O)[C@H](Cc1ccccc1)NC(=O)CNC(=O)CC(CCC(=O)NC[C@@H]1O[C@H](CO)[C@@H](O)[C@H](O)[C@H]1O)(NC(=O)CCCCCN1C(=O)C=CC1=O)C(N)=O)CC3. The van der Waals surface area contributed by atoms with Crippen LogP contribution in [0, 0.1) is 6.92 Å². The summed E-state index contributed by atoms with van der Waals surface area (Å²) in [6.07, 6.45) is -6.70. The highest BCUT2D eigenvalue weighted by Gasteiger charge is 2.47. The van der Waals surface area contributed by atoms with E-state index in [1.54, 1.807) is 49.4 Å². The Morgan fingerprint density at radius 2 is 1.55 bits per heavy atom. The number of aliphatic hydroxyl groups excluding tert-OH is 4. The van der Waals surface area contributed by atoms with Crippen molar-refractivity contribution < 1.29 is 92.5 Å². The first-order valence-electron chi connectivity index (χ1n) is 31.6. The van der Waals surface area contributed by atoms with Gasteiger partial charge in [0.05, 0.1) is 60.7 Å². The van der Waals surface area contributed by atoms with E-state index < -0.39 is 177 Å². The van der Waals surface area contributed by atoms with Gasteiger partial charge in [-0.05, 0) is 86.3 Å². The fraction of sp³-hybridized carbons (Fsp3) is 0.492. The highest BCUT2D eigenvalue weighted by atomic mass is 35.5. The number of ether oxygens (including phenoxy) is 3. The Labute approximate surface area is 554 Å². The quantitative estimate of drug-likeness (QED) is 0.0103. The Morgan fingerprint density at radius 1 is 0.833 bits per heavy atom. The lowest BCUT2D eigenvalue weighted by atomic mass is 9.81. The van der Waals surface area contributed by atoms with Crippen molar-refractivity contribution in [1.82, 2.24) is 46.4 Å². The number of nitrogens with two attached hydrogens (primary N) is 1. The number of cyclic esters (lactones) is 1. The molecule has 1 aliphatic carbocycles. The number of nitrogens with zero attached hydrogens (tertiary/aromatic N) is 3. The summed E-state index contributed by atoms with van der Waals surface area (Å²) in [7, 11) is 0. The average molecular weight is 1350 g/mol. The Kier molecular flexibility index (Phi) is 23.0. The van der Waals surface area contributed by atoms with Gasteiger partial charge in [0, 0.05) is 72.5 Å². The van der Waals surface area contributed by atoms with Gasteiger partial charge in [0.25, 0.3) is 17.4 Å². The lowest BCUT2D eigenvalue weighted by molar-refractivity contribution is -0.227. The Balaban J connectivity index is 0.782.